The minimum atomic E-state index is -0.306. The Balaban J connectivity index is 1.77. The Hall–Kier alpha value is -1.27. The van der Waals surface area contributed by atoms with Crippen LogP contribution >= 0.6 is 11.3 Å². The highest BCUT2D eigenvalue weighted by Gasteiger charge is 2.33. The second kappa shape index (κ2) is 6.23. The van der Waals surface area contributed by atoms with E-state index >= 15 is 0 Å². The van der Waals surface area contributed by atoms with Gasteiger partial charge in [0.05, 0.1) is 23.9 Å². The van der Waals surface area contributed by atoms with Crippen molar-refractivity contribution >= 4 is 28.0 Å². The minimum absolute atomic E-state index is 0.306. The Morgan fingerprint density at radius 3 is 2.90 bits per heavy atom. The van der Waals surface area contributed by atoms with E-state index in [1.807, 2.05) is 6.92 Å². The summed E-state index contributed by atoms with van der Waals surface area (Å²) in [6, 6.07) is 0. The fourth-order valence-corrected chi connectivity index (χ4v) is 3.80. The van der Waals surface area contributed by atoms with Crippen molar-refractivity contribution in [1.82, 2.24) is 0 Å². The molecule has 0 spiro atoms. The summed E-state index contributed by atoms with van der Waals surface area (Å²) in [5, 5.41) is 4.53. The zero-order valence-corrected chi connectivity index (χ0v) is 13.1. The molecule has 3 rings (SSSR count). The summed E-state index contributed by atoms with van der Waals surface area (Å²) < 4.78 is 10.5. The number of carbonyl (C=O) groups excluding carboxylic acids is 1. The number of nitrogens with one attached hydrogen (secondary N) is 1. The summed E-state index contributed by atoms with van der Waals surface area (Å²) in [6.45, 7) is 4.72. The Kier molecular flexibility index (Phi) is 4.35. The Morgan fingerprint density at radius 2 is 2.29 bits per heavy atom. The van der Waals surface area contributed by atoms with Crippen LogP contribution in [0.5, 0.6) is 0 Å². The molecule has 5 nitrogen and oxygen atoms in total. The quantitative estimate of drug-likeness (QED) is 0.790. The van der Waals surface area contributed by atoms with Crippen LogP contribution in [0.15, 0.2) is 0 Å². The normalized spacial score (nSPS) is 21.5. The zero-order valence-electron chi connectivity index (χ0n) is 12.3. The van der Waals surface area contributed by atoms with Crippen molar-refractivity contribution in [2.75, 3.05) is 37.4 Å². The van der Waals surface area contributed by atoms with E-state index in [-0.39, 0.29) is 5.97 Å². The third-order valence-electron chi connectivity index (χ3n) is 4.01. The van der Waals surface area contributed by atoms with Gasteiger partial charge < -0.3 is 20.5 Å². The molecule has 1 saturated heterocycles. The number of nitrogen functional groups attached to an aromatic ring is 1. The van der Waals surface area contributed by atoms with Crippen LogP contribution in [0.2, 0.25) is 0 Å². The van der Waals surface area contributed by atoms with Crippen molar-refractivity contribution in [3.63, 3.8) is 0 Å². The molecule has 0 bridgehead atoms. The van der Waals surface area contributed by atoms with E-state index in [2.05, 4.69) is 5.32 Å². The van der Waals surface area contributed by atoms with Gasteiger partial charge in [0.15, 0.2) is 0 Å². The first-order chi connectivity index (χ1) is 10.2. The number of hydrogen-bond donors (Lipinski definition) is 2. The molecule has 116 valence electrons. The topological polar surface area (TPSA) is 73.6 Å². The molecule has 1 unspecified atom stereocenters. The van der Waals surface area contributed by atoms with Crippen LogP contribution in [0, 0.1) is 5.92 Å². The van der Waals surface area contributed by atoms with E-state index in [1.54, 1.807) is 0 Å². The van der Waals surface area contributed by atoms with Gasteiger partial charge in [-0.1, -0.05) is 0 Å². The molecule has 1 aromatic rings. The molecule has 1 saturated carbocycles. The van der Waals surface area contributed by atoms with Crippen molar-refractivity contribution in [1.29, 1.82) is 0 Å². The number of nitrogens with two attached hydrogens (primary N) is 1. The molecule has 0 aromatic carbocycles. The molecule has 2 heterocycles. The second-order valence-electron chi connectivity index (χ2n) is 5.69. The van der Waals surface area contributed by atoms with Gasteiger partial charge in [0.2, 0.25) is 0 Å². The lowest BCUT2D eigenvalue weighted by atomic mass is 10.1. The predicted molar refractivity (Wildman–Crippen MR) is 84.1 cm³/mol. The molecule has 6 heteroatoms. The molecule has 1 aromatic heterocycles. The highest BCUT2D eigenvalue weighted by Crippen LogP contribution is 2.51. The van der Waals surface area contributed by atoms with Gasteiger partial charge in [-0.05, 0) is 32.1 Å². The molecule has 2 aliphatic rings. The van der Waals surface area contributed by atoms with Gasteiger partial charge >= 0.3 is 5.97 Å². The molecular formula is C15H22N2O3S. The Morgan fingerprint density at radius 1 is 1.48 bits per heavy atom. The van der Waals surface area contributed by atoms with Gasteiger partial charge in [-0.3, -0.25) is 0 Å². The fraction of sp³-hybridized carbons (Fsp3) is 0.667. The summed E-state index contributed by atoms with van der Waals surface area (Å²) in [5.74, 6) is 0.748. The van der Waals surface area contributed by atoms with Crippen LogP contribution in [0.25, 0.3) is 0 Å². The third kappa shape index (κ3) is 3.16. The molecule has 2 fully saturated rings. The number of hydrogen-bond acceptors (Lipinski definition) is 6. The average molecular weight is 310 g/mol. The largest absolute Gasteiger partial charge is 0.462 e. The van der Waals surface area contributed by atoms with E-state index in [9.17, 15) is 4.79 Å². The summed E-state index contributed by atoms with van der Waals surface area (Å²) in [6.07, 6.45) is 3.41. The number of esters is 1. The number of ether oxygens (including phenoxy) is 2. The Bertz CT molecular complexity index is 519. The lowest BCUT2D eigenvalue weighted by molar-refractivity contribution is 0.0533. The van der Waals surface area contributed by atoms with Crippen LogP contribution in [0.1, 0.15) is 47.3 Å². The second-order valence-corrected chi connectivity index (χ2v) is 6.71. The van der Waals surface area contributed by atoms with Crippen molar-refractivity contribution in [2.45, 2.75) is 32.1 Å². The molecular weight excluding hydrogens is 288 g/mol. The van der Waals surface area contributed by atoms with Gasteiger partial charge in [0, 0.05) is 24.6 Å². The maximum absolute atomic E-state index is 12.0. The maximum Gasteiger partial charge on any atom is 0.350 e. The van der Waals surface area contributed by atoms with Gasteiger partial charge in [0.25, 0.3) is 0 Å². The van der Waals surface area contributed by atoms with Crippen molar-refractivity contribution in [2.24, 2.45) is 5.92 Å². The lowest BCUT2D eigenvalue weighted by Crippen LogP contribution is -2.14. The van der Waals surface area contributed by atoms with Crippen molar-refractivity contribution in [3.8, 4) is 0 Å². The Labute approximate surface area is 128 Å². The predicted octanol–water partition coefficient (Wildman–Crippen LogP) is 2.83. The molecule has 1 aliphatic heterocycles. The first-order valence-corrected chi connectivity index (χ1v) is 8.43. The highest BCUT2D eigenvalue weighted by molar-refractivity contribution is 7.18. The minimum Gasteiger partial charge on any atom is -0.462 e. The van der Waals surface area contributed by atoms with Crippen LogP contribution in [0.3, 0.4) is 0 Å². The van der Waals surface area contributed by atoms with Crippen LogP contribution in [0.4, 0.5) is 10.7 Å². The zero-order chi connectivity index (χ0) is 14.8. The highest BCUT2D eigenvalue weighted by atomic mass is 32.1. The summed E-state index contributed by atoms with van der Waals surface area (Å²) in [7, 11) is 0. The standard InChI is InChI=1S/C15H22N2O3S/c1-2-20-15(18)13-12(16)11(10-3-4-10)14(21-13)17-7-9-5-6-19-8-9/h9-10,17H,2-8,16H2,1H3. The van der Waals surface area contributed by atoms with E-state index in [4.69, 9.17) is 15.2 Å². The first-order valence-electron chi connectivity index (χ1n) is 7.61. The number of thiophene rings is 1. The van der Waals surface area contributed by atoms with Gasteiger partial charge in [-0.2, -0.15) is 0 Å². The summed E-state index contributed by atoms with van der Waals surface area (Å²) in [5.41, 5.74) is 7.95. The summed E-state index contributed by atoms with van der Waals surface area (Å²) in [4.78, 5) is 12.5. The van der Waals surface area contributed by atoms with E-state index in [1.165, 1.54) is 11.3 Å². The lowest BCUT2D eigenvalue weighted by Gasteiger charge is -2.11. The average Bonchev–Trinajstić information content (AvgIpc) is 3.05. The van der Waals surface area contributed by atoms with Crippen molar-refractivity contribution in [3.05, 3.63) is 10.4 Å². The third-order valence-corrected chi connectivity index (χ3v) is 5.16. The van der Waals surface area contributed by atoms with E-state index in [0.717, 1.165) is 49.6 Å². The van der Waals surface area contributed by atoms with Crippen LogP contribution in [-0.4, -0.2) is 32.3 Å². The molecule has 21 heavy (non-hydrogen) atoms. The van der Waals surface area contributed by atoms with Crippen LogP contribution in [-0.2, 0) is 9.47 Å². The summed E-state index contributed by atoms with van der Waals surface area (Å²) >= 11 is 1.43. The monoisotopic (exact) mass is 310 g/mol. The van der Waals surface area contributed by atoms with Gasteiger partial charge in [-0.25, -0.2) is 4.79 Å². The molecule has 1 atom stereocenters. The number of carbonyl (C=O) groups is 1. The van der Waals surface area contributed by atoms with E-state index in [0.29, 0.717) is 29.0 Å². The molecule has 3 N–H and O–H groups in total. The maximum atomic E-state index is 12.0. The number of rotatable bonds is 6. The van der Waals surface area contributed by atoms with E-state index < -0.39 is 0 Å². The first kappa shape index (κ1) is 14.7. The van der Waals surface area contributed by atoms with Gasteiger partial charge in [0.1, 0.15) is 4.88 Å². The van der Waals surface area contributed by atoms with Crippen molar-refractivity contribution < 1.29 is 14.3 Å². The van der Waals surface area contributed by atoms with Crippen LogP contribution < -0.4 is 11.1 Å². The smallest absolute Gasteiger partial charge is 0.350 e. The molecule has 0 radical (unpaired) electrons. The number of anilines is 2. The fourth-order valence-electron chi connectivity index (χ4n) is 2.69. The molecule has 1 aliphatic carbocycles. The SMILES string of the molecule is CCOC(=O)c1sc(NCC2CCOC2)c(C2CC2)c1N. The van der Waals surface area contributed by atoms with Gasteiger partial charge in [-0.15, -0.1) is 11.3 Å². The molecule has 0 amide bonds.